The molecule has 0 saturated carbocycles. The molecule has 0 radical (unpaired) electrons. The van der Waals surface area contributed by atoms with Gasteiger partial charge < -0.3 is 10.1 Å². The Morgan fingerprint density at radius 3 is 2.44 bits per heavy atom. The molecule has 0 bridgehead atoms. The number of methoxy groups -OCH3 is 1. The first-order chi connectivity index (χ1) is 12.1. The fraction of sp³-hybridized carbons (Fsp3) is 0.333. The van der Waals surface area contributed by atoms with E-state index in [2.05, 4.69) is 22.2 Å². The van der Waals surface area contributed by atoms with Crippen LogP contribution in [0.4, 0.5) is 0 Å². The molecular weight excluding hydrogens is 314 g/mol. The molecule has 0 saturated heterocycles. The van der Waals surface area contributed by atoms with Gasteiger partial charge in [-0.2, -0.15) is 0 Å². The zero-order valence-corrected chi connectivity index (χ0v) is 14.9. The summed E-state index contributed by atoms with van der Waals surface area (Å²) in [5.41, 5.74) is 4.04. The predicted octanol–water partition coefficient (Wildman–Crippen LogP) is 4.13. The van der Waals surface area contributed by atoms with Crippen molar-refractivity contribution in [2.45, 2.75) is 32.6 Å². The van der Waals surface area contributed by atoms with Gasteiger partial charge in [0.05, 0.1) is 7.11 Å². The highest BCUT2D eigenvalue weighted by molar-refractivity contribution is 5.95. The van der Waals surface area contributed by atoms with E-state index in [1.165, 1.54) is 7.11 Å². The van der Waals surface area contributed by atoms with Crippen molar-refractivity contribution in [1.82, 2.24) is 5.32 Å². The molecule has 0 spiro atoms. The highest BCUT2D eigenvalue weighted by atomic mass is 16.5. The summed E-state index contributed by atoms with van der Waals surface area (Å²) in [6.07, 6.45) is 2.96. The minimum absolute atomic E-state index is 0.0596. The predicted molar refractivity (Wildman–Crippen MR) is 99.4 cm³/mol. The van der Waals surface area contributed by atoms with Gasteiger partial charge in [0.15, 0.2) is 0 Å². The molecule has 0 fully saturated rings. The average Bonchev–Trinajstić information content (AvgIpc) is 2.64. The van der Waals surface area contributed by atoms with Crippen LogP contribution < -0.4 is 5.32 Å². The third-order valence-electron chi connectivity index (χ3n) is 4.14. The third-order valence-corrected chi connectivity index (χ3v) is 4.14. The van der Waals surface area contributed by atoms with E-state index in [0.29, 0.717) is 18.5 Å². The first-order valence-corrected chi connectivity index (χ1v) is 8.63. The van der Waals surface area contributed by atoms with E-state index in [9.17, 15) is 9.59 Å². The van der Waals surface area contributed by atoms with E-state index in [4.69, 9.17) is 0 Å². The maximum Gasteiger partial charge on any atom is 0.305 e. The summed E-state index contributed by atoms with van der Waals surface area (Å²) in [6, 6.07) is 15.9. The summed E-state index contributed by atoms with van der Waals surface area (Å²) in [5, 5.41) is 2.93. The molecule has 0 aliphatic carbocycles. The van der Waals surface area contributed by atoms with Gasteiger partial charge in [0, 0.05) is 18.5 Å². The smallest absolute Gasteiger partial charge is 0.305 e. The van der Waals surface area contributed by atoms with E-state index in [1.807, 2.05) is 43.3 Å². The topological polar surface area (TPSA) is 55.4 Å². The van der Waals surface area contributed by atoms with Crippen molar-refractivity contribution in [3.63, 3.8) is 0 Å². The van der Waals surface area contributed by atoms with Crippen LogP contribution in [0.25, 0.3) is 11.1 Å². The van der Waals surface area contributed by atoms with Crippen LogP contribution in [0.15, 0.2) is 48.5 Å². The lowest BCUT2D eigenvalue weighted by Gasteiger charge is -2.09. The molecule has 0 aromatic heterocycles. The Kier molecular flexibility index (Phi) is 7.20. The Balaban J connectivity index is 1.82. The van der Waals surface area contributed by atoms with E-state index in [0.717, 1.165) is 36.0 Å². The van der Waals surface area contributed by atoms with Gasteiger partial charge in [-0.05, 0) is 48.6 Å². The Bertz CT molecular complexity index is 710. The second-order valence-electron chi connectivity index (χ2n) is 6.04. The highest BCUT2D eigenvalue weighted by Gasteiger charge is 2.08. The van der Waals surface area contributed by atoms with E-state index in [-0.39, 0.29) is 11.9 Å². The maximum atomic E-state index is 12.2. The van der Waals surface area contributed by atoms with Crippen molar-refractivity contribution < 1.29 is 14.3 Å². The number of rotatable bonds is 8. The molecule has 0 aliphatic rings. The molecule has 0 unspecified atom stereocenters. The molecule has 4 nitrogen and oxygen atoms in total. The number of aryl methyl sites for hydroxylation is 1. The molecule has 2 rings (SSSR count). The molecule has 132 valence electrons. The first kappa shape index (κ1) is 18.7. The van der Waals surface area contributed by atoms with Crippen molar-refractivity contribution in [3.05, 3.63) is 59.7 Å². The summed E-state index contributed by atoms with van der Waals surface area (Å²) in [4.78, 5) is 23.3. The highest BCUT2D eigenvalue weighted by Crippen LogP contribution is 2.23. The Morgan fingerprint density at radius 2 is 1.76 bits per heavy atom. The van der Waals surface area contributed by atoms with Crippen LogP contribution in [0, 0.1) is 6.92 Å². The van der Waals surface area contributed by atoms with Crippen LogP contribution in [0.2, 0.25) is 0 Å². The number of amides is 1. The number of ether oxygens (including phenoxy) is 1. The van der Waals surface area contributed by atoms with Crippen molar-refractivity contribution >= 4 is 11.9 Å². The summed E-state index contributed by atoms with van der Waals surface area (Å²) in [5.74, 6) is -0.242. The zero-order valence-electron chi connectivity index (χ0n) is 14.9. The fourth-order valence-corrected chi connectivity index (χ4v) is 2.72. The van der Waals surface area contributed by atoms with Gasteiger partial charge in [-0.3, -0.25) is 9.59 Å². The van der Waals surface area contributed by atoms with Crippen molar-refractivity contribution in [2.24, 2.45) is 0 Å². The lowest BCUT2D eigenvalue weighted by atomic mass is 9.98. The van der Waals surface area contributed by atoms with Crippen molar-refractivity contribution in [2.75, 3.05) is 13.7 Å². The van der Waals surface area contributed by atoms with E-state index in [1.54, 1.807) is 0 Å². The summed E-state index contributed by atoms with van der Waals surface area (Å²) < 4.78 is 4.60. The Morgan fingerprint density at radius 1 is 1.00 bits per heavy atom. The molecule has 1 amide bonds. The lowest BCUT2D eigenvalue weighted by molar-refractivity contribution is -0.140. The molecule has 25 heavy (non-hydrogen) atoms. The van der Waals surface area contributed by atoms with Gasteiger partial charge in [-0.25, -0.2) is 0 Å². The van der Waals surface area contributed by atoms with Crippen LogP contribution in [0.1, 0.15) is 41.6 Å². The van der Waals surface area contributed by atoms with Crippen molar-refractivity contribution in [1.29, 1.82) is 0 Å². The second kappa shape index (κ2) is 9.62. The van der Waals surface area contributed by atoms with Gasteiger partial charge in [0.2, 0.25) is 0 Å². The molecule has 1 N–H and O–H groups in total. The Hall–Kier alpha value is -2.62. The maximum absolute atomic E-state index is 12.2. The van der Waals surface area contributed by atoms with Gasteiger partial charge in [0.25, 0.3) is 5.91 Å². The average molecular weight is 339 g/mol. The quantitative estimate of drug-likeness (QED) is 0.581. The monoisotopic (exact) mass is 339 g/mol. The SMILES string of the molecule is COC(=O)CCCCCNC(=O)c1ccc(-c2ccccc2)c(C)c1. The van der Waals surface area contributed by atoms with Crippen molar-refractivity contribution in [3.8, 4) is 11.1 Å². The summed E-state index contributed by atoms with van der Waals surface area (Å²) in [6.45, 7) is 2.63. The summed E-state index contributed by atoms with van der Waals surface area (Å²) in [7, 11) is 1.40. The normalized spacial score (nSPS) is 10.3. The van der Waals surface area contributed by atoms with Crippen LogP contribution >= 0.6 is 0 Å². The number of unbranched alkanes of at least 4 members (excludes halogenated alkanes) is 2. The van der Waals surface area contributed by atoms with E-state index >= 15 is 0 Å². The van der Waals surface area contributed by atoms with Gasteiger partial charge >= 0.3 is 5.97 Å². The van der Waals surface area contributed by atoms with Gasteiger partial charge in [-0.1, -0.05) is 42.8 Å². The number of esters is 1. The molecule has 0 aliphatic heterocycles. The van der Waals surface area contributed by atoms with Gasteiger partial charge in [0.1, 0.15) is 0 Å². The molecule has 2 aromatic carbocycles. The number of hydrogen-bond acceptors (Lipinski definition) is 3. The number of carbonyl (C=O) groups is 2. The number of carbonyl (C=O) groups excluding carboxylic acids is 2. The second-order valence-corrected chi connectivity index (χ2v) is 6.04. The molecular formula is C21H25NO3. The van der Waals surface area contributed by atoms with Crippen LogP contribution in [0.5, 0.6) is 0 Å². The minimum atomic E-state index is -0.182. The van der Waals surface area contributed by atoms with Crippen LogP contribution in [0.3, 0.4) is 0 Å². The van der Waals surface area contributed by atoms with Crippen LogP contribution in [-0.2, 0) is 9.53 Å². The molecule has 0 atom stereocenters. The molecule has 0 heterocycles. The zero-order chi connectivity index (χ0) is 18.1. The number of hydrogen-bond donors (Lipinski definition) is 1. The third kappa shape index (κ3) is 5.75. The standard InChI is InChI=1S/C21H25NO3/c1-16-15-18(12-13-19(16)17-9-5-3-6-10-17)21(24)22-14-8-4-7-11-20(23)25-2/h3,5-6,9-10,12-13,15H,4,7-8,11,14H2,1-2H3,(H,22,24). The molecule has 2 aromatic rings. The summed E-state index contributed by atoms with van der Waals surface area (Å²) >= 11 is 0. The van der Waals surface area contributed by atoms with Gasteiger partial charge in [-0.15, -0.1) is 0 Å². The fourth-order valence-electron chi connectivity index (χ4n) is 2.72. The Labute approximate surface area is 149 Å². The number of nitrogens with one attached hydrogen (secondary N) is 1. The lowest BCUT2D eigenvalue weighted by Crippen LogP contribution is -2.24. The van der Waals surface area contributed by atoms with Crippen LogP contribution in [-0.4, -0.2) is 25.5 Å². The number of benzene rings is 2. The van der Waals surface area contributed by atoms with E-state index < -0.39 is 0 Å². The first-order valence-electron chi connectivity index (χ1n) is 8.63. The minimum Gasteiger partial charge on any atom is -0.469 e. The largest absolute Gasteiger partial charge is 0.469 e. The molecule has 4 heteroatoms.